The highest BCUT2D eigenvalue weighted by atomic mass is 14.1. The fourth-order valence-electron chi connectivity index (χ4n) is 3.37. The van der Waals surface area contributed by atoms with Crippen molar-refractivity contribution in [3.05, 3.63) is 0 Å². The molecule has 0 spiro atoms. The predicted octanol–water partition coefficient (Wildman–Crippen LogP) is 8.29. The molecule has 0 unspecified atom stereocenters. The molecule has 0 aromatic heterocycles. The Hall–Kier alpha value is 0. The fourth-order valence-corrected chi connectivity index (χ4v) is 3.37. The molecule has 0 aliphatic heterocycles. The van der Waals surface area contributed by atoms with Gasteiger partial charge in [-0.05, 0) is 5.92 Å². The molecule has 0 aliphatic rings. The van der Waals surface area contributed by atoms with Gasteiger partial charge in [-0.25, -0.2) is 0 Å². The van der Waals surface area contributed by atoms with Gasteiger partial charge in [0.2, 0.25) is 0 Å². The first-order valence-electron chi connectivity index (χ1n) is 10.3. The van der Waals surface area contributed by atoms with Crippen LogP contribution < -0.4 is 0 Å². The standard InChI is InChI=1S/C21H44/c1-4-7-10-13-14-17-20-21(18-15-11-8-5-2)19-16-12-9-6-3/h21H,4-20H2,1-3H3. The second-order valence-electron chi connectivity index (χ2n) is 7.12. The van der Waals surface area contributed by atoms with Gasteiger partial charge in [0.25, 0.3) is 0 Å². The highest BCUT2D eigenvalue weighted by Gasteiger charge is 2.08. The van der Waals surface area contributed by atoms with Crippen LogP contribution >= 0.6 is 0 Å². The van der Waals surface area contributed by atoms with Gasteiger partial charge in [-0.1, -0.05) is 130 Å². The predicted molar refractivity (Wildman–Crippen MR) is 99.0 cm³/mol. The Morgan fingerprint density at radius 2 is 0.667 bits per heavy atom. The van der Waals surface area contributed by atoms with E-state index in [1.807, 2.05) is 0 Å². The summed E-state index contributed by atoms with van der Waals surface area (Å²) < 4.78 is 0. The molecule has 0 aliphatic carbocycles. The van der Waals surface area contributed by atoms with E-state index in [4.69, 9.17) is 0 Å². The average molecular weight is 297 g/mol. The minimum Gasteiger partial charge on any atom is -0.0654 e. The van der Waals surface area contributed by atoms with E-state index in [0.717, 1.165) is 5.92 Å². The molecule has 0 nitrogen and oxygen atoms in total. The lowest BCUT2D eigenvalue weighted by Crippen LogP contribution is -2.01. The Morgan fingerprint density at radius 1 is 0.381 bits per heavy atom. The molecule has 0 N–H and O–H groups in total. The van der Waals surface area contributed by atoms with Crippen LogP contribution in [0.15, 0.2) is 0 Å². The second-order valence-corrected chi connectivity index (χ2v) is 7.12. The number of unbranched alkanes of at least 4 members (excludes halogenated alkanes) is 11. The largest absolute Gasteiger partial charge is 0.0654 e. The van der Waals surface area contributed by atoms with E-state index in [9.17, 15) is 0 Å². The maximum Gasteiger partial charge on any atom is -0.0414 e. The normalized spacial score (nSPS) is 11.4. The summed E-state index contributed by atoms with van der Waals surface area (Å²) in [5, 5.41) is 0. The van der Waals surface area contributed by atoms with Gasteiger partial charge in [0, 0.05) is 0 Å². The first-order valence-corrected chi connectivity index (χ1v) is 10.3. The molecule has 0 heterocycles. The van der Waals surface area contributed by atoms with Gasteiger partial charge in [-0.2, -0.15) is 0 Å². The summed E-state index contributed by atoms with van der Waals surface area (Å²) in [6.07, 6.45) is 24.8. The quantitative estimate of drug-likeness (QED) is 0.237. The molecule has 0 heteroatoms. The van der Waals surface area contributed by atoms with Gasteiger partial charge >= 0.3 is 0 Å². The lowest BCUT2D eigenvalue weighted by Gasteiger charge is -2.17. The molecule has 0 aromatic rings. The first-order chi connectivity index (χ1) is 10.3. The molecule has 128 valence electrons. The Kier molecular flexibility index (Phi) is 18.1. The molecular formula is C21H44. The summed E-state index contributed by atoms with van der Waals surface area (Å²) in [5.74, 6) is 1.05. The maximum absolute atomic E-state index is 2.32. The summed E-state index contributed by atoms with van der Waals surface area (Å²) in [5.41, 5.74) is 0. The number of rotatable bonds is 17. The Morgan fingerprint density at radius 3 is 1.05 bits per heavy atom. The van der Waals surface area contributed by atoms with Gasteiger partial charge < -0.3 is 0 Å². The Labute approximate surface area is 136 Å². The molecule has 0 aromatic carbocycles. The summed E-state index contributed by atoms with van der Waals surface area (Å²) in [6.45, 7) is 6.94. The van der Waals surface area contributed by atoms with Gasteiger partial charge in [-0.15, -0.1) is 0 Å². The van der Waals surface area contributed by atoms with Crippen molar-refractivity contribution in [3.8, 4) is 0 Å². The lowest BCUT2D eigenvalue weighted by atomic mass is 9.89. The zero-order valence-electron chi connectivity index (χ0n) is 15.6. The lowest BCUT2D eigenvalue weighted by molar-refractivity contribution is 0.367. The van der Waals surface area contributed by atoms with Crippen LogP contribution in [0.3, 0.4) is 0 Å². The molecule has 0 fully saturated rings. The SMILES string of the molecule is CCCCCCCCC(CCCCCC)CCCCCC. The van der Waals surface area contributed by atoms with Gasteiger partial charge in [-0.3, -0.25) is 0 Å². The van der Waals surface area contributed by atoms with E-state index in [0.29, 0.717) is 0 Å². The van der Waals surface area contributed by atoms with Crippen molar-refractivity contribution in [2.45, 2.75) is 130 Å². The smallest absolute Gasteiger partial charge is 0.0414 e. The van der Waals surface area contributed by atoms with E-state index >= 15 is 0 Å². The molecule has 0 bridgehead atoms. The molecule has 0 saturated heterocycles. The third kappa shape index (κ3) is 16.2. The molecule has 0 rings (SSSR count). The van der Waals surface area contributed by atoms with Crippen LogP contribution in [-0.4, -0.2) is 0 Å². The van der Waals surface area contributed by atoms with Crippen molar-refractivity contribution in [2.24, 2.45) is 5.92 Å². The highest BCUT2D eigenvalue weighted by Crippen LogP contribution is 2.24. The molecule has 0 radical (unpaired) electrons. The van der Waals surface area contributed by atoms with Gasteiger partial charge in [0.05, 0.1) is 0 Å². The molecule has 21 heavy (non-hydrogen) atoms. The van der Waals surface area contributed by atoms with Crippen LogP contribution in [-0.2, 0) is 0 Å². The molecule has 0 atom stereocenters. The minimum atomic E-state index is 1.05. The zero-order valence-corrected chi connectivity index (χ0v) is 15.6. The van der Waals surface area contributed by atoms with Crippen LogP contribution in [0.1, 0.15) is 130 Å². The maximum atomic E-state index is 2.32. The highest BCUT2D eigenvalue weighted by molar-refractivity contribution is 4.61. The third-order valence-electron chi connectivity index (χ3n) is 4.90. The number of hydrogen-bond acceptors (Lipinski definition) is 0. The molecule has 0 amide bonds. The van der Waals surface area contributed by atoms with Crippen LogP contribution in [0.4, 0.5) is 0 Å². The van der Waals surface area contributed by atoms with E-state index in [1.165, 1.54) is 109 Å². The third-order valence-corrected chi connectivity index (χ3v) is 4.90. The summed E-state index contributed by atoms with van der Waals surface area (Å²) in [4.78, 5) is 0. The van der Waals surface area contributed by atoms with Crippen molar-refractivity contribution in [2.75, 3.05) is 0 Å². The second kappa shape index (κ2) is 18.1. The summed E-state index contributed by atoms with van der Waals surface area (Å²) >= 11 is 0. The first kappa shape index (κ1) is 21.0. The van der Waals surface area contributed by atoms with Crippen LogP contribution in [0.25, 0.3) is 0 Å². The van der Waals surface area contributed by atoms with E-state index < -0.39 is 0 Å². The Bertz CT molecular complexity index is 161. The Balaban J connectivity index is 3.67. The van der Waals surface area contributed by atoms with E-state index in [2.05, 4.69) is 20.8 Å². The number of hydrogen-bond donors (Lipinski definition) is 0. The summed E-state index contributed by atoms with van der Waals surface area (Å²) in [6, 6.07) is 0. The van der Waals surface area contributed by atoms with Crippen LogP contribution in [0.5, 0.6) is 0 Å². The summed E-state index contributed by atoms with van der Waals surface area (Å²) in [7, 11) is 0. The van der Waals surface area contributed by atoms with Crippen molar-refractivity contribution in [1.29, 1.82) is 0 Å². The van der Waals surface area contributed by atoms with Gasteiger partial charge in [0.15, 0.2) is 0 Å². The molecule has 0 saturated carbocycles. The van der Waals surface area contributed by atoms with Crippen LogP contribution in [0, 0.1) is 5.92 Å². The van der Waals surface area contributed by atoms with E-state index in [-0.39, 0.29) is 0 Å². The van der Waals surface area contributed by atoms with Crippen molar-refractivity contribution in [1.82, 2.24) is 0 Å². The van der Waals surface area contributed by atoms with Crippen LogP contribution in [0.2, 0.25) is 0 Å². The van der Waals surface area contributed by atoms with Crippen molar-refractivity contribution < 1.29 is 0 Å². The van der Waals surface area contributed by atoms with Gasteiger partial charge in [0.1, 0.15) is 0 Å². The van der Waals surface area contributed by atoms with Crippen molar-refractivity contribution >= 4 is 0 Å². The molecular weight excluding hydrogens is 252 g/mol. The van der Waals surface area contributed by atoms with Crippen molar-refractivity contribution in [3.63, 3.8) is 0 Å². The monoisotopic (exact) mass is 296 g/mol. The fraction of sp³-hybridized carbons (Fsp3) is 1.00. The topological polar surface area (TPSA) is 0 Å². The van der Waals surface area contributed by atoms with E-state index in [1.54, 1.807) is 0 Å². The zero-order chi connectivity index (χ0) is 15.6. The minimum absolute atomic E-state index is 1.05. The average Bonchev–Trinajstić information content (AvgIpc) is 2.50.